The van der Waals surface area contributed by atoms with Crippen LogP contribution in [0.1, 0.15) is 13.3 Å². The summed E-state index contributed by atoms with van der Waals surface area (Å²) < 4.78 is 4.23. The average molecular weight is 206 g/mol. The summed E-state index contributed by atoms with van der Waals surface area (Å²) in [7, 11) is 0. The molecule has 0 saturated carbocycles. The first-order valence-electron chi connectivity index (χ1n) is 4.45. The number of amides is 1. The van der Waals surface area contributed by atoms with Gasteiger partial charge in [0.1, 0.15) is 5.00 Å². The highest BCUT2D eigenvalue weighted by Crippen LogP contribution is 2.27. The molecule has 0 fully saturated rings. The summed E-state index contributed by atoms with van der Waals surface area (Å²) in [5.74, 6) is 0.0272. The molecule has 0 bridgehead atoms. The van der Waals surface area contributed by atoms with Crippen molar-refractivity contribution in [2.45, 2.75) is 13.3 Å². The second-order valence-electron chi connectivity index (χ2n) is 2.93. The normalized spacial score (nSPS) is 10.4. The predicted octanol–water partition coefficient (Wildman–Crippen LogP) is 2.64. The zero-order chi connectivity index (χ0) is 9.97. The first kappa shape index (κ1) is 9.15. The molecule has 0 aliphatic carbocycles. The first-order valence-corrected chi connectivity index (χ1v) is 5.23. The van der Waals surface area contributed by atoms with Gasteiger partial charge in [0.25, 0.3) is 0 Å². The van der Waals surface area contributed by atoms with Crippen LogP contribution in [-0.4, -0.2) is 10.3 Å². The quantitative estimate of drug-likeness (QED) is 0.820. The van der Waals surface area contributed by atoms with Crippen molar-refractivity contribution in [3.63, 3.8) is 0 Å². The predicted molar refractivity (Wildman–Crippen MR) is 58.5 cm³/mol. The van der Waals surface area contributed by atoms with Crippen LogP contribution in [0.3, 0.4) is 0 Å². The molecule has 4 heteroatoms. The van der Waals surface area contributed by atoms with Gasteiger partial charge in [-0.2, -0.15) is 4.37 Å². The smallest absolute Gasteiger partial charge is 0.224 e. The number of hydrogen-bond donors (Lipinski definition) is 1. The van der Waals surface area contributed by atoms with Crippen LogP contribution in [0, 0.1) is 0 Å². The van der Waals surface area contributed by atoms with Gasteiger partial charge in [0.15, 0.2) is 0 Å². The van der Waals surface area contributed by atoms with E-state index in [4.69, 9.17) is 0 Å². The van der Waals surface area contributed by atoms with Crippen molar-refractivity contribution < 1.29 is 4.79 Å². The third-order valence-corrected chi connectivity index (χ3v) is 2.75. The van der Waals surface area contributed by atoms with Gasteiger partial charge >= 0.3 is 0 Å². The molecule has 0 aliphatic heterocycles. The Morgan fingerprint density at radius 1 is 1.50 bits per heavy atom. The maximum atomic E-state index is 11.2. The Morgan fingerprint density at radius 3 is 3.07 bits per heavy atom. The van der Waals surface area contributed by atoms with E-state index in [0.717, 1.165) is 15.9 Å². The molecule has 72 valence electrons. The minimum Gasteiger partial charge on any atom is -0.316 e. The van der Waals surface area contributed by atoms with E-state index in [1.807, 2.05) is 31.2 Å². The van der Waals surface area contributed by atoms with Gasteiger partial charge in [-0.25, -0.2) is 0 Å². The van der Waals surface area contributed by atoms with E-state index in [2.05, 4.69) is 9.69 Å². The van der Waals surface area contributed by atoms with Crippen LogP contribution >= 0.6 is 11.5 Å². The minimum absolute atomic E-state index is 0.0272. The molecule has 2 aromatic rings. The lowest BCUT2D eigenvalue weighted by Crippen LogP contribution is -2.08. The van der Waals surface area contributed by atoms with Crippen molar-refractivity contribution in [3.8, 4) is 0 Å². The summed E-state index contributed by atoms with van der Waals surface area (Å²) in [6.07, 6.45) is 0.492. The second-order valence-corrected chi connectivity index (χ2v) is 3.70. The Hall–Kier alpha value is -1.42. The molecule has 0 spiro atoms. The van der Waals surface area contributed by atoms with E-state index in [1.54, 1.807) is 0 Å². The Kier molecular flexibility index (Phi) is 2.45. The standard InChI is InChI=1S/C10H10N2OS/c1-2-9(13)11-10-7-5-3-4-6-8(7)12-14-10/h3-6H,2H2,1H3,(H,11,13). The van der Waals surface area contributed by atoms with Crippen molar-refractivity contribution in [1.82, 2.24) is 4.37 Å². The zero-order valence-corrected chi connectivity index (χ0v) is 8.60. The highest BCUT2D eigenvalue weighted by atomic mass is 32.1. The number of benzene rings is 1. The lowest BCUT2D eigenvalue weighted by Gasteiger charge is -1.98. The number of nitrogens with one attached hydrogen (secondary N) is 1. The van der Waals surface area contributed by atoms with Crippen molar-refractivity contribution in [1.29, 1.82) is 0 Å². The van der Waals surface area contributed by atoms with E-state index < -0.39 is 0 Å². The number of aromatic nitrogens is 1. The van der Waals surface area contributed by atoms with Crippen molar-refractivity contribution >= 4 is 33.3 Å². The SMILES string of the molecule is CCC(=O)Nc1snc2ccccc12. The molecule has 3 nitrogen and oxygen atoms in total. The van der Waals surface area contributed by atoms with E-state index in [1.165, 1.54) is 11.5 Å². The topological polar surface area (TPSA) is 42.0 Å². The van der Waals surface area contributed by atoms with Crippen molar-refractivity contribution in [3.05, 3.63) is 24.3 Å². The number of carbonyl (C=O) groups is 1. The fourth-order valence-electron chi connectivity index (χ4n) is 1.19. The molecule has 0 atom stereocenters. The number of hydrogen-bond acceptors (Lipinski definition) is 3. The molecule has 0 unspecified atom stereocenters. The van der Waals surface area contributed by atoms with Gasteiger partial charge in [-0.1, -0.05) is 19.1 Å². The summed E-state index contributed by atoms with van der Waals surface area (Å²) in [5, 5.41) is 4.69. The summed E-state index contributed by atoms with van der Waals surface area (Å²) in [6, 6.07) is 7.78. The molecule has 0 aliphatic rings. The zero-order valence-electron chi connectivity index (χ0n) is 7.78. The number of anilines is 1. The Morgan fingerprint density at radius 2 is 2.29 bits per heavy atom. The van der Waals surface area contributed by atoms with Gasteiger partial charge in [-0.3, -0.25) is 4.79 Å². The van der Waals surface area contributed by atoms with E-state index in [9.17, 15) is 4.79 Å². The number of fused-ring (bicyclic) bond motifs is 1. The largest absolute Gasteiger partial charge is 0.316 e. The van der Waals surface area contributed by atoms with Crippen LogP contribution in [0.15, 0.2) is 24.3 Å². The fourth-order valence-corrected chi connectivity index (χ4v) is 1.97. The molecule has 1 N–H and O–H groups in total. The molecule has 1 amide bonds. The third kappa shape index (κ3) is 1.61. The van der Waals surface area contributed by atoms with Gasteiger partial charge in [-0.15, -0.1) is 0 Å². The summed E-state index contributed by atoms with van der Waals surface area (Å²) >= 11 is 1.32. The van der Waals surface area contributed by atoms with Gasteiger partial charge in [0.2, 0.25) is 5.91 Å². The van der Waals surface area contributed by atoms with Crippen LogP contribution in [0.25, 0.3) is 10.9 Å². The number of rotatable bonds is 2. The molecule has 1 aromatic heterocycles. The fraction of sp³-hybridized carbons (Fsp3) is 0.200. The van der Waals surface area contributed by atoms with Gasteiger partial charge in [0, 0.05) is 11.8 Å². The number of carbonyl (C=O) groups excluding carboxylic acids is 1. The van der Waals surface area contributed by atoms with Crippen molar-refractivity contribution in [2.24, 2.45) is 0 Å². The highest BCUT2D eigenvalue weighted by Gasteiger charge is 2.06. The number of nitrogens with zero attached hydrogens (tertiary/aromatic N) is 1. The van der Waals surface area contributed by atoms with Crippen LogP contribution in [0.5, 0.6) is 0 Å². The van der Waals surface area contributed by atoms with Crippen molar-refractivity contribution in [2.75, 3.05) is 5.32 Å². The van der Waals surface area contributed by atoms with Crippen LogP contribution in [0.4, 0.5) is 5.00 Å². The average Bonchev–Trinajstić information content (AvgIpc) is 2.62. The first-order chi connectivity index (χ1) is 6.81. The third-order valence-electron chi connectivity index (χ3n) is 1.96. The van der Waals surface area contributed by atoms with Gasteiger partial charge in [0.05, 0.1) is 5.52 Å². The molecule has 14 heavy (non-hydrogen) atoms. The molecule has 1 heterocycles. The maximum Gasteiger partial charge on any atom is 0.224 e. The molecule has 0 saturated heterocycles. The Labute approximate surface area is 85.9 Å². The highest BCUT2D eigenvalue weighted by molar-refractivity contribution is 7.12. The molecule has 2 rings (SSSR count). The summed E-state index contributed by atoms with van der Waals surface area (Å²) in [4.78, 5) is 11.2. The van der Waals surface area contributed by atoms with E-state index in [-0.39, 0.29) is 5.91 Å². The monoisotopic (exact) mass is 206 g/mol. The van der Waals surface area contributed by atoms with Crippen LogP contribution in [0.2, 0.25) is 0 Å². The lowest BCUT2D eigenvalue weighted by atomic mass is 10.2. The lowest BCUT2D eigenvalue weighted by molar-refractivity contribution is -0.115. The minimum atomic E-state index is 0.0272. The maximum absolute atomic E-state index is 11.2. The van der Waals surface area contributed by atoms with Gasteiger partial charge in [-0.05, 0) is 23.7 Å². The van der Waals surface area contributed by atoms with E-state index >= 15 is 0 Å². The van der Waals surface area contributed by atoms with E-state index in [0.29, 0.717) is 6.42 Å². The summed E-state index contributed by atoms with van der Waals surface area (Å²) in [6.45, 7) is 1.83. The summed E-state index contributed by atoms with van der Waals surface area (Å²) in [5.41, 5.74) is 0.934. The second kappa shape index (κ2) is 3.75. The van der Waals surface area contributed by atoms with Crippen LogP contribution in [-0.2, 0) is 4.79 Å². The molecular formula is C10H10N2OS. The van der Waals surface area contributed by atoms with Crippen LogP contribution < -0.4 is 5.32 Å². The van der Waals surface area contributed by atoms with Gasteiger partial charge < -0.3 is 5.32 Å². The molecule has 0 radical (unpaired) electrons. The molecular weight excluding hydrogens is 196 g/mol. The Balaban J connectivity index is 2.38. The Bertz CT molecular complexity index is 464. The molecule has 1 aromatic carbocycles.